The number of carbonyl (C=O) groups is 1. The van der Waals surface area contributed by atoms with Crippen LogP contribution in [-0.4, -0.2) is 49.7 Å². The molecule has 1 fully saturated rings. The molecule has 1 amide bonds. The third kappa shape index (κ3) is 5.04. The Balaban J connectivity index is 1.62. The highest BCUT2D eigenvalue weighted by molar-refractivity contribution is 7.89. The van der Waals surface area contributed by atoms with E-state index in [2.05, 4.69) is 24.4 Å². The second kappa shape index (κ2) is 9.07. The summed E-state index contributed by atoms with van der Waals surface area (Å²) in [7, 11) is -1.52. The molecule has 1 atom stereocenters. The fourth-order valence-corrected chi connectivity index (χ4v) is 4.94. The Kier molecular flexibility index (Phi) is 6.72. The van der Waals surface area contributed by atoms with Gasteiger partial charge in [-0.05, 0) is 69.1 Å². The maximum atomic E-state index is 12.6. The van der Waals surface area contributed by atoms with E-state index in [0.29, 0.717) is 25.3 Å². The highest BCUT2D eigenvalue weighted by Gasteiger charge is 2.27. The minimum Gasteiger partial charge on any atom is -0.325 e. The number of carbonyl (C=O) groups excluding carboxylic acids is 1. The van der Waals surface area contributed by atoms with Crippen molar-refractivity contribution in [1.82, 2.24) is 9.21 Å². The van der Waals surface area contributed by atoms with E-state index in [1.807, 2.05) is 31.0 Å². The highest BCUT2D eigenvalue weighted by Crippen LogP contribution is 2.22. The van der Waals surface area contributed by atoms with Gasteiger partial charge in [0.2, 0.25) is 15.9 Å². The predicted octanol–water partition coefficient (Wildman–Crippen LogP) is 3.24. The Morgan fingerprint density at radius 3 is 2.34 bits per heavy atom. The lowest BCUT2D eigenvalue weighted by Gasteiger charge is -2.24. The van der Waals surface area contributed by atoms with E-state index in [1.165, 1.54) is 15.4 Å². The Morgan fingerprint density at radius 2 is 1.72 bits per heavy atom. The molecule has 0 aliphatic carbocycles. The Bertz CT molecular complexity index is 952. The molecule has 0 spiro atoms. The molecule has 0 saturated carbocycles. The number of hydrogen-bond acceptors (Lipinski definition) is 4. The second-order valence-electron chi connectivity index (χ2n) is 7.64. The maximum absolute atomic E-state index is 12.6. The first kappa shape index (κ1) is 21.5. The number of amides is 1. The molecule has 6 nitrogen and oxygen atoms in total. The van der Waals surface area contributed by atoms with E-state index < -0.39 is 10.0 Å². The number of hydrogen-bond donors (Lipinski definition) is 1. The lowest BCUT2D eigenvalue weighted by atomic mass is 10.1. The molecule has 2 aromatic carbocycles. The van der Waals surface area contributed by atoms with Gasteiger partial charge >= 0.3 is 0 Å². The molecule has 1 N–H and O–H groups in total. The summed E-state index contributed by atoms with van der Waals surface area (Å²) in [5.74, 6) is -0.128. The van der Waals surface area contributed by atoms with Gasteiger partial charge in [-0.2, -0.15) is 4.31 Å². The van der Waals surface area contributed by atoms with Crippen molar-refractivity contribution < 1.29 is 13.2 Å². The van der Waals surface area contributed by atoms with Crippen molar-refractivity contribution in [2.75, 3.05) is 25.5 Å². The summed E-state index contributed by atoms with van der Waals surface area (Å²) >= 11 is 0. The molecule has 1 saturated heterocycles. The smallest absolute Gasteiger partial charge is 0.243 e. The van der Waals surface area contributed by atoms with E-state index >= 15 is 0 Å². The molecule has 1 aliphatic heterocycles. The molecule has 0 aromatic heterocycles. The molecule has 1 aliphatic rings. The van der Waals surface area contributed by atoms with Crippen molar-refractivity contribution in [3.8, 4) is 0 Å². The Hall–Kier alpha value is -2.22. The first-order chi connectivity index (χ1) is 13.8. The van der Waals surface area contributed by atoms with Gasteiger partial charge in [0.15, 0.2) is 0 Å². The number of anilines is 1. The van der Waals surface area contributed by atoms with Gasteiger partial charge in [0, 0.05) is 25.3 Å². The lowest BCUT2D eigenvalue weighted by molar-refractivity contribution is -0.120. The van der Waals surface area contributed by atoms with Crippen molar-refractivity contribution in [3.63, 3.8) is 0 Å². The Labute approximate surface area is 173 Å². The van der Waals surface area contributed by atoms with Crippen LogP contribution in [-0.2, 0) is 21.4 Å². The fourth-order valence-electron chi connectivity index (χ4n) is 3.43. The van der Waals surface area contributed by atoms with Crippen molar-refractivity contribution in [1.29, 1.82) is 0 Å². The number of benzene rings is 2. The summed E-state index contributed by atoms with van der Waals surface area (Å²) in [6.07, 6.45) is 1.81. The summed E-state index contributed by atoms with van der Waals surface area (Å²) in [5, 5.41) is 2.88. The molecule has 1 unspecified atom stereocenters. The third-order valence-electron chi connectivity index (χ3n) is 5.55. The summed E-state index contributed by atoms with van der Waals surface area (Å²) in [5.41, 5.74) is 2.97. The van der Waals surface area contributed by atoms with Gasteiger partial charge in [-0.25, -0.2) is 8.42 Å². The molecule has 0 bridgehead atoms. The molecule has 1 heterocycles. The summed E-state index contributed by atoms with van der Waals surface area (Å²) in [6, 6.07) is 14.2. The van der Waals surface area contributed by atoms with Gasteiger partial charge in [-0.1, -0.05) is 24.3 Å². The summed E-state index contributed by atoms with van der Waals surface area (Å²) in [6.45, 7) is 5.75. The molecule has 2 aromatic rings. The summed E-state index contributed by atoms with van der Waals surface area (Å²) in [4.78, 5) is 14.9. The first-order valence-corrected chi connectivity index (χ1v) is 11.4. The number of sulfonamides is 1. The first-order valence-electron chi connectivity index (χ1n) is 9.95. The molecular formula is C22H29N3O3S. The normalized spacial score (nSPS) is 16.1. The SMILES string of the molecule is Cc1ccccc1CN(C)C(C)C(=O)Nc1ccc(S(=O)(=O)N2CCCC2)cc1. The van der Waals surface area contributed by atoms with Crippen molar-refractivity contribution >= 4 is 21.6 Å². The van der Waals surface area contributed by atoms with E-state index in [0.717, 1.165) is 12.8 Å². The van der Waals surface area contributed by atoms with Crippen LogP contribution in [0.2, 0.25) is 0 Å². The largest absolute Gasteiger partial charge is 0.325 e. The van der Waals surface area contributed by atoms with E-state index in [9.17, 15) is 13.2 Å². The number of rotatable bonds is 7. The average Bonchev–Trinajstić information content (AvgIpc) is 3.25. The standard InChI is InChI=1S/C22H29N3O3S/c1-17-8-4-5-9-19(17)16-24(3)18(2)22(26)23-20-10-12-21(13-11-20)29(27,28)25-14-6-7-15-25/h4-5,8-13,18H,6-7,14-16H2,1-3H3,(H,23,26). The quantitative estimate of drug-likeness (QED) is 0.754. The van der Waals surface area contributed by atoms with Crippen LogP contribution in [0.5, 0.6) is 0 Å². The fraction of sp³-hybridized carbons (Fsp3) is 0.409. The van der Waals surface area contributed by atoms with Crippen LogP contribution >= 0.6 is 0 Å². The number of likely N-dealkylation sites (N-methyl/N-ethyl adjacent to an activating group) is 1. The minimum absolute atomic E-state index is 0.128. The third-order valence-corrected chi connectivity index (χ3v) is 7.46. The van der Waals surface area contributed by atoms with Crippen LogP contribution in [0.15, 0.2) is 53.4 Å². The maximum Gasteiger partial charge on any atom is 0.243 e. The van der Waals surface area contributed by atoms with Gasteiger partial charge < -0.3 is 5.32 Å². The van der Waals surface area contributed by atoms with E-state index in [4.69, 9.17) is 0 Å². The molecule has 156 valence electrons. The topological polar surface area (TPSA) is 69.7 Å². The van der Waals surface area contributed by atoms with Gasteiger partial charge in [0.1, 0.15) is 0 Å². The van der Waals surface area contributed by atoms with E-state index in [-0.39, 0.29) is 16.8 Å². The molecule has 29 heavy (non-hydrogen) atoms. The van der Waals surface area contributed by atoms with Crippen LogP contribution in [0.3, 0.4) is 0 Å². The van der Waals surface area contributed by atoms with Crippen LogP contribution in [0, 0.1) is 6.92 Å². The van der Waals surface area contributed by atoms with Gasteiger partial charge in [0.05, 0.1) is 10.9 Å². The number of nitrogens with zero attached hydrogens (tertiary/aromatic N) is 2. The summed E-state index contributed by atoms with van der Waals surface area (Å²) < 4.78 is 26.7. The van der Waals surface area contributed by atoms with Crippen molar-refractivity contribution in [2.24, 2.45) is 0 Å². The minimum atomic E-state index is -3.44. The van der Waals surface area contributed by atoms with Crippen LogP contribution < -0.4 is 5.32 Å². The number of nitrogens with one attached hydrogen (secondary N) is 1. The lowest BCUT2D eigenvalue weighted by Crippen LogP contribution is -2.39. The van der Waals surface area contributed by atoms with Crippen LogP contribution in [0.1, 0.15) is 30.9 Å². The Morgan fingerprint density at radius 1 is 1.10 bits per heavy atom. The zero-order chi connectivity index (χ0) is 21.0. The van der Waals surface area contributed by atoms with Crippen LogP contribution in [0.4, 0.5) is 5.69 Å². The average molecular weight is 416 g/mol. The zero-order valence-electron chi connectivity index (χ0n) is 17.3. The predicted molar refractivity (Wildman–Crippen MR) is 115 cm³/mol. The number of aryl methyl sites for hydroxylation is 1. The molecule has 7 heteroatoms. The second-order valence-corrected chi connectivity index (χ2v) is 9.58. The monoisotopic (exact) mass is 415 g/mol. The van der Waals surface area contributed by atoms with Crippen LogP contribution in [0.25, 0.3) is 0 Å². The molecule has 0 radical (unpaired) electrons. The van der Waals surface area contributed by atoms with Crippen molar-refractivity contribution in [2.45, 2.75) is 44.2 Å². The van der Waals surface area contributed by atoms with Crippen molar-refractivity contribution in [3.05, 3.63) is 59.7 Å². The zero-order valence-corrected chi connectivity index (χ0v) is 18.1. The molecule has 3 rings (SSSR count). The molecular weight excluding hydrogens is 386 g/mol. The highest BCUT2D eigenvalue weighted by atomic mass is 32.2. The van der Waals surface area contributed by atoms with Gasteiger partial charge in [0.25, 0.3) is 0 Å². The van der Waals surface area contributed by atoms with Gasteiger partial charge in [-0.3, -0.25) is 9.69 Å². The van der Waals surface area contributed by atoms with Gasteiger partial charge in [-0.15, -0.1) is 0 Å². The van der Waals surface area contributed by atoms with E-state index in [1.54, 1.807) is 24.3 Å².